The third-order valence-corrected chi connectivity index (χ3v) is 3.61. The maximum absolute atomic E-state index is 11.6. The van der Waals surface area contributed by atoms with Crippen LogP contribution in [-0.2, 0) is 4.79 Å². The van der Waals surface area contributed by atoms with E-state index in [1.165, 1.54) is 30.1 Å². The van der Waals surface area contributed by atoms with Crippen LogP contribution < -0.4 is 4.90 Å². The number of fused-ring (bicyclic) bond motifs is 1. The summed E-state index contributed by atoms with van der Waals surface area (Å²) in [7, 11) is 0. The van der Waals surface area contributed by atoms with E-state index in [1.807, 2.05) is 6.07 Å². The van der Waals surface area contributed by atoms with Crippen molar-refractivity contribution in [3.8, 4) is 0 Å². The number of ketones is 1. The first-order valence-corrected chi connectivity index (χ1v) is 6.47. The maximum Gasteiger partial charge on any atom is 0.191 e. The molecule has 1 aliphatic carbocycles. The van der Waals surface area contributed by atoms with Crippen molar-refractivity contribution in [1.82, 2.24) is 0 Å². The summed E-state index contributed by atoms with van der Waals surface area (Å²) in [5.41, 5.74) is -0.625. The van der Waals surface area contributed by atoms with Gasteiger partial charge in [-0.1, -0.05) is 18.2 Å². The first-order valence-electron chi connectivity index (χ1n) is 6.47. The molecule has 2 aliphatic rings. The Hall–Kier alpha value is -2.66. The minimum absolute atomic E-state index is 0.0469. The van der Waals surface area contributed by atoms with Gasteiger partial charge in [0, 0.05) is 11.3 Å². The van der Waals surface area contributed by atoms with Crippen molar-refractivity contribution in [1.29, 1.82) is 5.41 Å². The maximum atomic E-state index is 11.6. The number of nitrogens with zero attached hydrogens (tertiary/aromatic N) is 1. The second kappa shape index (κ2) is 4.43. The van der Waals surface area contributed by atoms with E-state index >= 15 is 0 Å². The number of rotatable bonds is 1. The molecule has 21 heavy (non-hydrogen) atoms. The number of nitrogens with one attached hydrogen (secondary N) is 1. The molecule has 0 amide bonds. The largest absolute Gasteiger partial charge is 0.512 e. The predicted octanol–water partition coefficient (Wildman–Crippen LogP) is 2.07. The smallest absolute Gasteiger partial charge is 0.191 e. The summed E-state index contributed by atoms with van der Waals surface area (Å²) in [5, 5.41) is 29.1. The lowest BCUT2D eigenvalue weighted by molar-refractivity contribution is -0.110. The van der Waals surface area contributed by atoms with E-state index in [0.717, 1.165) is 0 Å². The number of aliphatic hydroxyl groups excluding tert-OH is 1. The zero-order valence-electron chi connectivity index (χ0n) is 11.4. The minimum Gasteiger partial charge on any atom is -0.512 e. The van der Waals surface area contributed by atoms with E-state index in [2.05, 4.69) is 0 Å². The second-order valence-corrected chi connectivity index (χ2v) is 5.00. The summed E-state index contributed by atoms with van der Waals surface area (Å²) in [5.74, 6) is -0.434. The molecule has 5 nitrogen and oxygen atoms in total. The van der Waals surface area contributed by atoms with Gasteiger partial charge >= 0.3 is 0 Å². The zero-order chi connectivity index (χ0) is 15.2. The van der Waals surface area contributed by atoms with Gasteiger partial charge in [-0.3, -0.25) is 15.1 Å². The molecule has 1 atom stereocenters. The van der Waals surface area contributed by atoms with Gasteiger partial charge in [0.25, 0.3) is 0 Å². The summed E-state index contributed by atoms with van der Waals surface area (Å²) in [6.07, 6.45) is 3.87. The van der Waals surface area contributed by atoms with Crippen LogP contribution in [0.4, 0.5) is 5.69 Å². The van der Waals surface area contributed by atoms with Gasteiger partial charge in [-0.15, -0.1) is 0 Å². The molecular weight excluding hydrogens is 268 g/mol. The molecule has 106 valence electrons. The summed E-state index contributed by atoms with van der Waals surface area (Å²) < 4.78 is 0. The number of benzene rings is 1. The summed E-state index contributed by atoms with van der Waals surface area (Å²) in [4.78, 5) is 13.0. The zero-order valence-corrected chi connectivity index (χ0v) is 11.4. The molecule has 0 aromatic heterocycles. The van der Waals surface area contributed by atoms with Crippen LogP contribution in [0.25, 0.3) is 0 Å². The monoisotopic (exact) mass is 282 g/mol. The van der Waals surface area contributed by atoms with Crippen LogP contribution in [0.3, 0.4) is 0 Å². The van der Waals surface area contributed by atoms with Crippen molar-refractivity contribution in [2.24, 2.45) is 0 Å². The molecule has 1 heterocycles. The second-order valence-electron chi connectivity index (χ2n) is 5.00. The number of carbonyl (C=O) groups is 1. The number of hydrogen-bond donors (Lipinski definition) is 3. The minimum atomic E-state index is -1.63. The highest BCUT2D eigenvalue weighted by Crippen LogP contribution is 2.43. The highest BCUT2D eigenvalue weighted by molar-refractivity contribution is 6.19. The Kier molecular flexibility index (Phi) is 2.81. The van der Waals surface area contributed by atoms with Gasteiger partial charge in [-0.05, 0) is 37.3 Å². The fourth-order valence-corrected chi connectivity index (χ4v) is 2.71. The molecule has 1 aliphatic heterocycles. The average molecular weight is 282 g/mol. The van der Waals surface area contributed by atoms with Crippen LogP contribution in [0, 0.1) is 5.41 Å². The van der Waals surface area contributed by atoms with Crippen molar-refractivity contribution in [3.63, 3.8) is 0 Å². The van der Waals surface area contributed by atoms with Crippen LogP contribution in [0.15, 0.2) is 65.5 Å². The van der Waals surface area contributed by atoms with Gasteiger partial charge in [0.05, 0.1) is 5.57 Å². The van der Waals surface area contributed by atoms with Crippen LogP contribution in [0.1, 0.15) is 6.92 Å². The van der Waals surface area contributed by atoms with Crippen molar-refractivity contribution >= 4 is 17.3 Å². The molecular formula is C16H14N2O3. The molecule has 1 unspecified atom stereocenters. The Morgan fingerprint density at radius 2 is 1.95 bits per heavy atom. The van der Waals surface area contributed by atoms with Gasteiger partial charge in [-0.25, -0.2) is 0 Å². The third-order valence-electron chi connectivity index (χ3n) is 3.61. The van der Waals surface area contributed by atoms with Crippen LogP contribution >= 0.6 is 0 Å². The predicted molar refractivity (Wildman–Crippen MR) is 79.2 cm³/mol. The molecule has 3 N–H and O–H groups in total. The summed E-state index contributed by atoms with van der Waals surface area (Å²) in [6.45, 7) is 1.43. The van der Waals surface area contributed by atoms with E-state index in [-0.39, 0.29) is 28.5 Å². The van der Waals surface area contributed by atoms with E-state index in [1.54, 1.807) is 24.3 Å². The topological polar surface area (TPSA) is 84.6 Å². The Morgan fingerprint density at radius 3 is 2.57 bits per heavy atom. The molecule has 0 bridgehead atoms. The van der Waals surface area contributed by atoms with Crippen LogP contribution in [0.5, 0.6) is 0 Å². The highest BCUT2D eigenvalue weighted by Gasteiger charge is 2.50. The van der Waals surface area contributed by atoms with Crippen molar-refractivity contribution in [2.45, 2.75) is 12.6 Å². The van der Waals surface area contributed by atoms with E-state index in [4.69, 9.17) is 5.41 Å². The van der Waals surface area contributed by atoms with Gasteiger partial charge in [0.15, 0.2) is 11.5 Å². The fraction of sp³-hybridized carbons (Fsp3) is 0.125. The molecule has 0 saturated carbocycles. The molecule has 1 saturated heterocycles. The molecule has 5 heteroatoms. The molecule has 0 radical (unpaired) electrons. The third kappa shape index (κ3) is 1.82. The number of carbonyl (C=O) groups excluding carboxylic acids is 1. The first kappa shape index (κ1) is 13.3. The first-order chi connectivity index (χ1) is 9.95. The lowest BCUT2D eigenvalue weighted by atomic mass is 9.93. The normalized spacial score (nSPS) is 26.8. The Bertz CT molecular complexity index is 727. The summed E-state index contributed by atoms with van der Waals surface area (Å²) in [6, 6.07) is 8.92. The Morgan fingerprint density at radius 1 is 1.29 bits per heavy atom. The molecule has 3 rings (SSSR count). The van der Waals surface area contributed by atoms with Crippen molar-refractivity contribution in [2.75, 3.05) is 4.90 Å². The van der Waals surface area contributed by atoms with Gasteiger partial charge in [0.2, 0.25) is 0 Å². The number of amidine groups is 1. The van der Waals surface area contributed by atoms with Crippen LogP contribution in [-0.4, -0.2) is 27.6 Å². The number of aliphatic hydroxyl groups is 2. The van der Waals surface area contributed by atoms with E-state index in [9.17, 15) is 15.0 Å². The van der Waals surface area contributed by atoms with Gasteiger partial charge < -0.3 is 10.2 Å². The molecule has 1 fully saturated rings. The average Bonchev–Trinajstić information content (AvgIpc) is 2.67. The lowest BCUT2D eigenvalue weighted by Crippen LogP contribution is -2.46. The Labute approximate surface area is 121 Å². The number of para-hydroxylation sites is 1. The lowest BCUT2D eigenvalue weighted by Gasteiger charge is -2.33. The SMILES string of the molecule is C/C(O)=C1\C(=N)N(c2ccccc2)C2(O)C=CC(=O)C=C12. The fourth-order valence-electron chi connectivity index (χ4n) is 2.71. The van der Waals surface area contributed by atoms with Crippen molar-refractivity contribution in [3.05, 3.63) is 65.5 Å². The standard InChI is InChI=1S/C16H14N2O3/c1-10(19)14-13-9-12(20)7-8-16(13,21)18(15(14)17)11-5-3-2-4-6-11/h2-9,17,19,21H,1H3/b14-10+,17-15?. The Balaban J connectivity index is 2.26. The van der Waals surface area contributed by atoms with Crippen LogP contribution in [0.2, 0.25) is 0 Å². The van der Waals surface area contributed by atoms with Gasteiger partial charge in [-0.2, -0.15) is 0 Å². The van der Waals surface area contributed by atoms with Gasteiger partial charge in [0.1, 0.15) is 11.6 Å². The van der Waals surface area contributed by atoms with E-state index < -0.39 is 5.72 Å². The quantitative estimate of drug-likeness (QED) is 0.688. The molecule has 1 aromatic rings. The molecule has 1 aromatic carbocycles. The summed E-state index contributed by atoms with van der Waals surface area (Å²) >= 11 is 0. The number of allylic oxidation sites excluding steroid dienone is 3. The molecule has 0 spiro atoms. The highest BCUT2D eigenvalue weighted by atomic mass is 16.3. The van der Waals surface area contributed by atoms with Crippen molar-refractivity contribution < 1.29 is 15.0 Å². The number of anilines is 1. The number of hydrogen-bond acceptors (Lipinski definition) is 4. The van der Waals surface area contributed by atoms with E-state index in [0.29, 0.717) is 5.69 Å².